The van der Waals surface area contributed by atoms with Crippen molar-refractivity contribution in [3.05, 3.63) is 0 Å². The second-order valence-electron chi connectivity index (χ2n) is 4.66. The van der Waals surface area contributed by atoms with Crippen LogP contribution in [0, 0.1) is 0 Å². The fraction of sp³-hybridized carbons (Fsp3) is 1.00. The smallest absolute Gasteiger partial charge is 0.331 e. The fourth-order valence-electron chi connectivity index (χ4n) is 2.23. The van der Waals surface area contributed by atoms with Crippen LogP contribution in [0.15, 0.2) is 0 Å². The molecule has 4 nitrogen and oxygen atoms in total. The molecule has 0 aliphatic carbocycles. The summed E-state index contributed by atoms with van der Waals surface area (Å²) in [6.45, 7) is 4.38. The van der Waals surface area contributed by atoms with Gasteiger partial charge in [-0.1, -0.05) is 44.7 Å². The third kappa shape index (κ3) is 6.03. The van der Waals surface area contributed by atoms with Gasteiger partial charge < -0.3 is 14.5 Å². The zero-order valence-corrected chi connectivity index (χ0v) is 13.1. The van der Waals surface area contributed by atoms with E-state index in [4.69, 9.17) is 16.3 Å². The van der Waals surface area contributed by atoms with E-state index in [1.807, 2.05) is 13.8 Å². The Balaban J connectivity index is 3.96. The maximum Gasteiger partial charge on any atom is 0.331 e. The van der Waals surface area contributed by atoms with Gasteiger partial charge in [-0.25, -0.2) is 0 Å². The van der Waals surface area contributed by atoms with Gasteiger partial charge in [0, 0.05) is 6.61 Å². The molecule has 0 aromatic heterocycles. The van der Waals surface area contributed by atoms with Gasteiger partial charge in [0.25, 0.3) is 0 Å². The zero-order valence-electron chi connectivity index (χ0n) is 11.4. The maximum atomic E-state index is 11.6. The van der Waals surface area contributed by atoms with Crippen molar-refractivity contribution in [1.82, 2.24) is 0 Å². The Morgan fingerprint density at radius 1 is 1.11 bits per heavy atom. The van der Waals surface area contributed by atoms with E-state index < -0.39 is 12.8 Å². The number of unbranched alkanes of at least 4 members (excludes halogenated alkanes) is 3. The molecule has 0 rings (SSSR count). The summed E-state index contributed by atoms with van der Waals surface area (Å²) < 4.78 is 16.6. The lowest BCUT2D eigenvalue weighted by Crippen LogP contribution is -2.27. The summed E-state index contributed by atoms with van der Waals surface area (Å²) in [6, 6.07) is 0.229. The van der Waals surface area contributed by atoms with Crippen molar-refractivity contribution < 1.29 is 19.1 Å². The lowest BCUT2D eigenvalue weighted by molar-refractivity contribution is 0.173. The maximum absolute atomic E-state index is 11.6. The first-order valence-corrected chi connectivity index (χ1v) is 8.77. The van der Waals surface area contributed by atoms with Gasteiger partial charge in [0.2, 0.25) is 0 Å². The van der Waals surface area contributed by atoms with E-state index >= 15 is 0 Å². The average Bonchev–Trinajstić information content (AvgIpc) is 2.32. The summed E-state index contributed by atoms with van der Waals surface area (Å²) in [7, 11) is -4.02. The van der Waals surface area contributed by atoms with E-state index in [1.165, 1.54) is 0 Å². The highest BCUT2D eigenvalue weighted by Gasteiger charge is 2.42. The number of rotatable bonds is 11. The van der Waals surface area contributed by atoms with Crippen molar-refractivity contribution in [2.45, 2.75) is 63.9 Å². The highest BCUT2D eigenvalue weighted by molar-refractivity contribution is 7.53. The Labute approximate surface area is 115 Å². The number of hydrogen-bond donors (Lipinski definition) is 2. The molecule has 18 heavy (non-hydrogen) atoms. The van der Waals surface area contributed by atoms with E-state index in [0.717, 1.165) is 25.7 Å². The Hall–Kier alpha value is 0.400. The number of alkyl halides is 1. The molecule has 0 spiro atoms. The molecule has 0 saturated carbocycles. The molecule has 0 aliphatic heterocycles. The Morgan fingerprint density at radius 2 is 1.67 bits per heavy atom. The number of hydrogen-bond acceptors (Lipinski definition) is 2. The van der Waals surface area contributed by atoms with Crippen molar-refractivity contribution in [3.63, 3.8) is 0 Å². The molecule has 0 aliphatic rings. The van der Waals surface area contributed by atoms with Crippen LogP contribution >= 0.6 is 19.2 Å². The quantitative estimate of drug-likeness (QED) is 0.345. The van der Waals surface area contributed by atoms with E-state index in [2.05, 4.69) is 0 Å². The first-order valence-electron chi connectivity index (χ1n) is 6.63. The van der Waals surface area contributed by atoms with Crippen molar-refractivity contribution >= 4 is 19.2 Å². The van der Waals surface area contributed by atoms with Crippen LogP contribution in [0.1, 0.15) is 58.8 Å². The first-order chi connectivity index (χ1) is 8.43. The third-order valence-corrected chi connectivity index (χ3v) is 5.94. The number of halogens is 1. The second kappa shape index (κ2) is 9.33. The molecule has 0 saturated heterocycles. The lowest BCUT2D eigenvalue weighted by atomic mass is 9.94. The van der Waals surface area contributed by atoms with E-state index in [0.29, 0.717) is 25.9 Å². The predicted molar refractivity (Wildman–Crippen MR) is 75.1 cm³/mol. The van der Waals surface area contributed by atoms with Crippen LogP contribution < -0.4 is 0 Å². The van der Waals surface area contributed by atoms with Gasteiger partial charge in [-0.3, -0.25) is 4.57 Å². The van der Waals surface area contributed by atoms with Crippen molar-refractivity contribution in [2.24, 2.45) is 0 Å². The minimum atomic E-state index is -4.02. The highest BCUT2D eigenvalue weighted by atomic mass is 35.5. The summed E-state index contributed by atoms with van der Waals surface area (Å²) in [6.07, 6.45) is 5.46. The van der Waals surface area contributed by atoms with Crippen LogP contribution in [-0.2, 0) is 9.30 Å². The normalized spacial score (nSPS) is 12.9. The van der Waals surface area contributed by atoms with Crippen LogP contribution in [-0.4, -0.2) is 27.6 Å². The zero-order chi connectivity index (χ0) is 14.1. The van der Waals surface area contributed by atoms with Crippen molar-refractivity contribution in [2.75, 3.05) is 12.7 Å². The minimum Gasteiger partial charge on any atom is -0.366 e. The van der Waals surface area contributed by atoms with Gasteiger partial charge in [-0.15, -0.1) is 0 Å². The van der Waals surface area contributed by atoms with Gasteiger partial charge in [-0.2, -0.15) is 0 Å². The molecule has 0 aromatic rings. The van der Waals surface area contributed by atoms with Crippen LogP contribution in [0.4, 0.5) is 0 Å². The molecule has 0 amide bonds. The first kappa shape index (κ1) is 18.4. The molecule has 0 heterocycles. The van der Waals surface area contributed by atoms with E-state index in [9.17, 15) is 14.4 Å². The summed E-state index contributed by atoms with van der Waals surface area (Å²) in [5.41, 5.74) is 0. The molecular weight excluding hydrogens is 275 g/mol. The molecule has 2 N–H and O–H groups in total. The minimum absolute atomic E-state index is 0.229. The molecule has 0 aromatic carbocycles. The van der Waals surface area contributed by atoms with Crippen LogP contribution in [0.2, 0.25) is 0 Å². The van der Waals surface area contributed by atoms with E-state index in [-0.39, 0.29) is 6.07 Å². The molecule has 0 bridgehead atoms. The Kier molecular flexibility index (Phi) is 9.53. The van der Waals surface area contributed by atoms with Crippen LogP contribution in [0.5, 0.6) is 0 Å². The molecule has 0 radical (unpaired) electrons. The summed E-state index contributed by atoms with van der Waals surface area (Å²) in [5.74, 6) is 0. The van der Waals surface area contributed by atoms with Crippen LogP contribution in [0.3, 0.4) is 0 Å². The highest BCUT2D eigenvalue weighted by Crippen LogP contribution is 2.57. The summed E-state index contributed by atoms with van der Waals surface area (Å²) >= 11 is 5.38. The Morgan fingerprint density at radius 3 is 2.11 bits per heavy atom. The molecular formula is C12H26ClO4P. The van der Waals surface area contributed by atoms with Gasteiger partial charge >= 0.3 is 7.60 Å². The van der Waals surface area contributed by atoms with Crippen molar-refractivity contribution in [3.8, 4) is 0 Å². The molecule has 0 fully saturated rings. The van der Waals surface area contributed by atoms with Gasteiger partial charge in [0.05, 0.1) is 5.16 Å². The Bertz CT molecular complexity index is 250. The third-order valence-electron chi connectivity index (χ3n) is 3.69. The lowest BCUT2D eigenvalue weighted by Gasteiger charge is -2.32. The van der Waals surface area contributed by atoms with Gasteiger partial charge in [-0.05, 0) is 25.7 Å². The molecule has 6 heteroatoms. The van der Waals surface area contributed by atoms with Crippen molar-refractivity contribution in [1.29, 1.82) is 0 Å². The number of ether oxygens (including phenoxy) is 1. The summed E-state index contributed by atoms with van der Waals surface area (Å²) in [5, 5.41) is -0.820. The SMILES string of the molecule is CCC(CC)(CCCCCCOCCl)P(=O)(O)O. The molecule has 0 atom stereocenters. The standard InChI is InChI=1S/C12H26ClO4P/c1-3-12(4-2,18(14,15)16)9-7-5-6-8-10-17-11-13/h3-11H2,1-2H3,(H2,14,15,16). The fourth-order valence-corrected chi connectivity index (χ4v) is 3.61. The largest absolute Gasteiger partial charge is 0.366 e. The van der Waals surface area contributed by atoms with Gasteiger partial charge in [0.1, 0.15) is 6.07 Å². The van der Waals surface area contributed by atoms with Crippen LogP contribution in [0.25, 0.3) is 0 Å². The molecule has 110 valence electrons. The monoisotopic (exact) mass is 300 g/mol. The predicted octanol–water partition coefficient (Wildman–Crippen LogP) is 3.89. The molecule has 0 unspecified atom stereocenters. The second-order valence-corrected chi connectivity index (χ2v) is 6.91. The van der Waals surface area contributed by atoms with Gasteiger partial charge in [0.15, 0.2) is 0 Å². The average molecular weight is 301 g/mol. The summed E-state index contributed by atoms with van der Waals surface area (Å²) in [4.78, 5) is 19.0. The van der Waals surface area contributed by atoms with E-state index in [1.54, 1.807) is 0 Å². The topological polar surface area (TPSA) is 66.8 Å².